The van der Waals surface area contributed by atoms with Gasteiger partial charge in [-0.25, -0.2) is 9.67 Å². The molecule has 0 radical (unpaired) electrons. The van der Waals surface area contributed by atoms with Crippen LogP contribution in [0.3, 0.4) is 0 Å². The number of halogens is 1. The molecular weight excluding hydrogens is 432 g/mol. The highest BCUT2D eigenvalue weighted by Crippen LogP contribution is 2.33. The molecule has 3 heterocycles. The Hall–Kier alpha value is -2.74. The summed E-state index contributed by atoms with van der Waals surface area (Å²) < 4.78 is 8.57. The van der Waals surface area contributed by atoms with Gasteiger partial charge in [-0.2, -0.15) is 5.10 Å². The van der Waals surface area contributed by atoms with Crippen LogP contribution in [0.4, 0.5) is 5.13 Å². The number of anilines is 1. The first-order valence-corrected chi connectivity index (χ1v) is 11.4. The number of hydrogen-bond donors (Lipinski definition) is 0. The van der Waals surface area contributed by atoms with Crippen molar-refractivity contribution in [2.75, 3.05) is 18.1 Å². The number of nitrogens with zero attached hydrogens (tertiary/aromatic N) is 4. The Morgan fingerprint density at radius 1 is 1.29 bits per heavy atom. The lowest BCUT2D eigenvalue weighted by molar-refractivity contribution is 0.0917. The van der Waals surface area contributed by atoms with Crippen molar-refractivity contribution in [3.63, 3.8) is 0 Å². The zero-order chi connectivity index (χ0) is 21.4. The predicted octanol–water partition coefficient (Wildman–Crippen LogP) is 5.27. The average molecular weight is 453 g/mol. The number of aromatic nitrogens is 3. The van der Waals surface area contributed by atoms with Gasteiger partial charge in [-0.1, -0.05) is 41.1 Å². The van der Waals surface area contributed by atoms with E-state index in [9.17, 15) is 4.79 Å². The molecule has 2 aromatic heterocycles. The van der Waals surface area contributed by atoms with E-state index in [4.69, 9.17) is 21.3 Å². The van der Waals surface area contributed by atoms with Gasteiger partial charge in [0.2, 0.25) is 0 Å². The summed E-state index contributed by atoms with van der Waals surface area (Å²) in [5, 5.41) is 5.77. The summed E-state index contributed by atoms with van der Waals surface area (Å²) in [4.78, 5) is 20.1. The van der Waals surface area contributed by atoms with E-state index in [2.05, 4.69) is 5.10 Å². The van der Waals surface area contributed by atoms with E-state index in [1.165, 1.54) is 11.3 Å². The number of benzene rings is 2. The second-order valence-corrected chi connectivity index (χ2v) is 9.00. The van der Waals surface area contributed by atoms with Crippen molar-refractivity contribution in [3.8, 4) is 5.69 Å². The summed E-state index contributed by atoms with van der Waals surface area (Å²) in [6, 6.07) is 15.4. The van der Waals surface area contributed by atoms with Crippen molar-refractivity contribution in [2.45, 2.75) is 25.9 Å². The summed E-state index contributed by atoms with van der Waals surface area (Å²) in [6.07, 6.45) is 3.58. The molecule has 5 rings (SSSR count). The Bertz CT molecular complexity index is 1230. The van der Waals surface area contributed by atoms with Gasteiger partial charge in [0, 0.05) is 11.6 Å². The molecule has 6 nitrogen and oxygen atoms in total. The minimum Gasteiger partial charge on any atom is -0.376 e. The van der Waals surface area contributed by atoms with E-state index in [1.54, 1.807) is 15.8 Å². The van der Waals surface area contributed by atoms with Crippen molar-refractivity contribution in [3.05, 3.63) is 71.0 Å². The molecule has 8 heteroatoms. The van der Waals surface area contributed by atoms with Crippen molar-refractivity contribution in [2.24, 2.45) is 0 Å². The Balaban J connectivity index is 1.53. The van der Waals surface area contributed by atoms with Crippen LogP contribution in [0.15, 0.2) is 54.7 Å². The quantitative estimate of drug-likeness (QED) is 0.414. The van der Waals surface area contributed by atoms with Crippen LogP contribution in [-0.4, -0.2) is 39.9 Å². The molecule has 1 unspecified atom stereocenters. The van der Waals surface area contributed by atoms with Gasteiger partial charge in [0.1, 0.15) is 0 Å². The minimum absolute atomic E-state index is 0.00373. The normalized spacial score (nSPS) is 16.1. The molecular formula is C23H21ClN4O2S. The fourth-order valence-corrected chi connectivity index (χ4v) is 5.09. The summed E-state index contributed by atoms with van der Waals surface area (Å²) in [5.41, 5.74) is 3.09. The van der Waals surface area contributed by atoms with Crippen LogP contribution in [0, 0.1) is 6.92 Å². The topological polar surface area (TPSA) is 60.3 Å². The van der Waals surface area contributed by atoms with Gasteiger partial charge < -0.3 is 4.74 Å². The summed E-state index contributed by atoms with van der Waals surface area (Å²) in [6.45, 7) is 3.10. The van der Waals surface area contributed by atoms with Gasteiger partial charge in [0.05, 0.1) is 46.0 Å². The van der Waals surface area contributed by atoms with Gasteiger partial charge in [-0.15, -0.1) is 0 Å². The first kappa shape index (κ1) is 20.2. The number of para-hydroxylation sites is 1. The van der Waals surface area contributed by atoms with E-state index < -0.39 is 0 Å². The zero-order valence-corrected chi connectivity index (χ0v) is 18.6. The zero-order valence-electron chi connectivity index (χ0n) is 17.0. The van der Waals surface area contributed by atoms with E-state index in [0.29, 0.717) is 22.3 Å². The van der Waals surface area contributed by atoms with Crippen LogP contribution in [0.5, 0.6) is 0 Å². The number of carbonyl (C=O) groups is 1. The monoisotopic (exact) mass is 452 g/mol. The van der Waals surface area contributed by atoms with Crippen molar-refractivity contribution in [1.82, 2.24) is 14.8 Å². The Labute approximate surface area is 189 Å². The third-order valence-corrected chi connectivity index (χ3v) is 6.74. The lowest BCUT2D eigenvalue weighted by atomic mass is 10.2. The number of ether oxygens (including phenoxy) is 1. The molecule has 1 aliphatic rings. The number of thiazole rings is 1. The summed E-state index contributed by atoms with van der Waals surface area (Å²) in [5.74, 6) is -0.125. The molecule has 0 N–H and O–H groups in total. The minimum atomic E-state index is -0.125. The third kappa shape index (κ3) is 3.96. The van der Waals surface area contributed by atoms with Crippen LogP contribution < -0.4 is 4.90 Å². The second kappa shape index (κ2) is 8.42. The SMILES string of the molecule is Cc1c(C(=O)N(CC2CCCO2)c2nc3ccc(Cl)cc3s2)cnn1-c1ccccc1. The van der Waals surface area contributed by atoms with E-state index in [0.717, 1.165) is 41.0 Å². The van der Waals surface area contributed by atoms with E-state index in [1.807, 2.05) is 55.5 Å². The van der Waals surface area contributed by atoms with Gasteiger partial charge in [0.25, 0.3) is 5.91 Å². The highest BCUT2D eigenvalue weighted by Gasteiger charge is 2.29. The lowest BCUT2D eigenvalue weighted by Gasteiger charge is -2.23. The molecule has 0 bridgehead atoms. The molecule has 0 aliphatic carbocycles. The maximum absolute atomic E-state index is 13.7. The molecule has 0 spiro atoms. The number of hydrogen-bond acceptors (Lipinski definition) is 5. The molecule has 1 amide bonds. The molecule has 158 valence electrons. The van der Waals surface area contributed by atoms with Crippen molar-refractivity contribution >= 4 is 44.2 Å². The first-order valence-electron chi connectivity index (χ1n) is 10.2. The Morgan fingerprint density at radius 3 is 2.90 bits per heavy atom. The molecule has 4 aromatic rings. The number of carbonyl (C=O) groups excluding carboxylic acids is 1. The van der Waals surface area contributed by atoms with Gasteiger partial charge in [-0.05, 0) is 50.1 Å². The first-order chi connectivity index (χ1) is 15.1. The van der Waals surface area contributed by atoms with Crippen LogP contribution in [0.2, 0.25) is 5.02 Å². The number of rotatable bonds is 5. The number of amides is 1. The summed E-state index contributed by atoms with van der Waals surface area (Å²) in [7, 11) is 0. The fraction of sp³-hybridized carbons (Fsp3) is 0.261. The Morgan fingerprint density at radius 2 is 2.13 bits per heavy atom. The molecule has 1 atom stereocenters. The van der Waals surface area contributed by atoms with E-state index in [-0.39, 0.29) is 12.0 Å². The standard InChI is InChI=1S/C23H21ClN4O2S/c1-15-19(13-25-28(15)17-6-3-2-4-7-17)22(29)27(14-18-8-5-11-30-18)23-26-20-10-9-16(24)12-21(20)31-23/h2-4,6-7,9-10,12-13,18H,5,8,11,14H2,1H3. The van der Waals surface area contributed by atoms with Crippen molar-refractivity contribution < 1.29 is 9.53 Å². The third-order valence-electron chi connectivity index (χ3n) is 5.47. The van der Waals surface area contributed by atoms with Crippen LogP contribution >= 0.6 is 22.9 Å². The Kier molecular flexibility index (Phi) is 5.48. The molecule has 1 saturated heterocycles. The van der Waals surface area contributed by atoms with Gasteiger partial charge in [0.15, 0.2) is 5.13 Å². The second-order valence-electron chi connectivity index (χ2n) is 7.55. The van der Waals surface area contributed by atoms with Crippen LogP contribution in [0.1, 0.15) is 28.9 Å². The molecule has 31 heavy (non-hydrogen) atoms. The van der Waals surface area contributed by atoms with Crippen molar-refractivity contribution in [1.29, 1.82) is 0 Å². The highest BCUT2D eigenvalue weighted by atomic mass is 35.5. The fourth-order valence-electron chi connectivity index (χ4n) is 3.84. The number of fused-ring (bicyclic) bond motifs is 1. The van der Waals surface area contributed by atoms with Gasteiger partial charge in [-0.3, -0.25) is 9.69 Å². The average Bonchev–Trinajstić information content (AvgIpc) is 3.51. The lowest BCUT2D eigenvalue weighted by Crippen LogP contribution is -2.37. The molecule has 0 saturated carbocycles. The largest absolute Gasteiger partial charge is 0.376 e. The van der Waals surface area contributed by atoms with Crippen LogP contribution in [0.25, 0.3) is 15.9 Å². The highest BCUT2D eigenvalue weighted by molar-refractivity contribution is 7.22. The summed E-state index contributed by atoms with van der Waals surface area (Å²) >= 11 is 7.61. The smallest absolute Gasteiger partial charge is 0.263 e. The predicted molar refractivity (Wildman–Crippen MR) is 124 cm³/mol. The maximum Gasteiger partial charge on any atom is 0.263 e. The molecule has 1 fully saturated rings. The van der Waals surface area contributed by atoms with Crippen LogP contribution in [-0.2, 0) is 4.74 Å². The van der Waals surface area contributed by atoms with Gasteiger partial charge >= 0.3 is 0 Å². The maximum atomic E-state index is 13.7. The molecule has 1 aliphatic heterocycles. The molecule has 2 aromatic carbocycles. The van der Waals surface area contributed by atoms with E-state index >= 15 is 0 Å².